The number of anilines is 2. The number of aryl methyl sites for hydroxylation is 2. The number of ether oxygens (including phenoxy) is 1. The molecular weight excluding hydrogens is 306 g/mol. The zero-order valence-electron chi connectivity index (χ0n) is 13.9. The monoisotopic (exact) mass is 325 g/mol. The summed E-state index contributed by atoms with van der Waals surface area (Å²) in [6.45, 7) is 5.86. The quantitative estimate of drug-likeness (QED) is 0.714. The number of aromatic nitrogens is 2. The third-order valence-corrected chi connectivity index (χ3v) is 3.80. The lowest BCUT2D eigenvalue weighted by Crippen LogP contribution is -2.07. The number of fused-ring (bicyclic) bond motifs is 1. The van der Waals surface area contributed by atoms with Crippen molar-refractivity contribution in [3.63, 3.8) is 0 Å². The number of carbonyl (C=O) groups excluding carboxylic acids is 1. The van der Waals surface area contributed by atoms with Gasteiger partial charge in [-0.15, -0.1) is 0 Å². The minimum atomic E-state index is -0.435. The molecule has 0 aliphatic rings. The standard InChI is InChI=1S/C18H19N3O3/c1-4-12-8-6-7-9-13(12)21-16-15-14(18(22)23-5-2)11(3)24-17(15)20-10-19-16/h6-10H,4-5H2,1-3H3,(H,19,20,21). The Kier molecular flexibility index (Phi) is 4.46. The van der Waals surface area contributed by atoms with Crippen molar-refractivity contribution in [2.45, 2.75) is 27.2 Å². The van der Waals surface area contributed by atoms with E-state index in [2.05, 4.69) is 22.2 Å². The molecule has 3 aromatic rings. The number of nitrogens with zero attached hydrogens (tertiary/aromatic N) is 2. The first-order chi connectivity index (χ1) is 11.7. The predicted molar refractivity (Wildman–Crippen MR) is 91.6 cm³/mol. The molecule has 2 heterocycles. The van der Waals surface area contributed by atoms with E-state index in [1.165, 1.54) is 6.33 Å². The molecular formula is C18H19N3O3. The van der Waals surface area contributed by atoms with Gasteiger partial charge in [0.25, 0.3) is 0 Å². The lowest BCUT2D eigenvalue weighted by molar-refractivity contribution is 0.0526. The lowest BCUT2D eigenvalue weighted by atomic mass is 10.1. The number of benzene rings is 1. The van der Waals surface area contributed by atoms with E-state index in [9.17, 15) is 4.79 Å². The number of hydrogen-bond donors (Lipinski definition) is 1. The molecule has 1 N–H and O–H groups in total. The molecule has 0 radical (unpaired) electrons. The summed E-state index contributed by atoms with van der Waals surface area (Å²) in [6.07, 6.45) is 2.30. The second-order valence-corrected chi connectivity index (χ2v) is 5.29. The molecule has 0 saturated heterocycles. The molecule has 1 aromatic carbocycles. The van der Waals surface area contributed by atoms with Crippen LogP contribution in [0, 0.1) is 6.92 Å². The van der Waals surface area contributed by atoms with Gasteiger partial charge in [0.1, 0.15) is 23.5 Å². The fourth-order valence-corrected chi connectivity index (χ4v) is 2.67. The zero-order valence-corrected chi connectivity index (χ0v) is 13.9. The van der Waals surface area contributed by atoms with E-state index in [4.69, 9.17) is 9.15 Å². The van der Waals surface area contributed by atoms with Crippen molar-refractivity contribution in [2.75, 3.05) is 11.9 Å². The van der Waals surface area contributed by atoms with E-state index in [1.54, 1.807) is 13.8 Å². The van der Waals surface area contributed by atoms with Crippen molar-refractivity contribution >= 4 is 28.6 Å². The molecule has 0 unspecified atom stereocenters. The van der Waals surface area contributed by atoms with Gasteiger partial charge < -0.3 is 14.5 Å². The molecule has 124 valence electrons. The maximum Gasteiger partial charge on any atom is 0.342 e. The minimum absolute atomic E-state index is 0.292. The second-order valence-electron chi connectivity index (χ2n) is 5.29. The third kappa shape index (κ3) is 2.82. The van der Waals surface area contributed by atoms with E-state index in [1.807, 2.05) is 24.3 Å². The number of carbonyl (C=O) groups is 1. The van der Waals surface area contributed by atoms with E-state index in [-0.39, 0.29) is 0 Å². The molecule has 0 saturated carbocycles. The first-order valence-corrected chi connectivity index (χ1v) is 7.91. The van der Waals surface area contributed by atoms with Gasteiger partial charge in [0.05, 0.1) is 12.0 Å². The number of nitrogens with one attached hydrogen (secondary N) is 1. The molecule has 6 nitrogen and oxygen atoms in total. The van der Waals surface area contributed by atoms with Crippen molar-refractivity contribution in [3.05, 3.63) is 47.5 Å². The Labute approximate surface area is 139 Å². The average Bonchev–Trinajstić information content (AvgIpc) is 2.92. The van der Waals surface area contributed by atoms with Crippen LogP contribution >= 0.6 is 0 Å². The summed E-state index contributed by atoms with van der Waals surface area (Å²) >= 11 is 0. The highest BCUT2D eigenvalue weighted by molar-refractivity contribution is 6.08. The molecule has 0 atom stereocenters. The summed E-state index contributed by atoms with van der Waals surface area (Å²) in [5.41, 5.74) is 2.82. The van der Waals surface area contributed by atoms with Crippen LogP contribution in [0.4, 0.5) is 11.5 Å². The Bertz CT molecular complexity index is 886. The fourth-order valence-electron chi connectivity index (χ4n) is 2.67. The first-order valence-electron chi connectivity index (χ1n) is 7.91. The normalized spacial score (nSPS) is 10.8. The van der Waals surface area contributed by atoms with E-state index >= 15 is 0 Å². The zero-order chi connectivity index (χ0) is 17.1. The summed E-state index contributed by atoms with van der Waals surface area (Å²) in [6, 6.07) is 7.97. The van der Waals surface area contributed by atoms with Crippen LogP contribution in [0.3, 0.4) is 0 Å². The van der Waals surface area contributed by atoms with Crippen LogP contribution in [0.1, 0.15) is 35.5 Å². The van der Waals surface area contributed by atoms with Crippen LogP contribution < -0.4 is 5.32 Å². The number of furan rings is 1. The Morgan fingerprint density at radius 2 is 2.04 bits per heavy atom. The summed E-state index contributed by atoms with van der Waals surface area (Å²) in [5.74, 6) is 0.562. The van der Waals surface area contributed by atoms with E-state index in [0.717, 1.165) is 17.7 Å². The van der Waals surface area contributed by atoms with E-state index in [0.29, 0.717) is 34.8 Å². The molecule has 6 heteroatoms. The van der Waals surface area contributed by atoms with Gasteiger partial charge >= 0.3 is 5.97 Å². The average molecular weight is 325 g/mol. The molecule has 2 aromatic heterocycles. The van der Waals surface area contributed by atoms with Crippen molar-refractivity contribution in [1.29, 1.82) is 0 Å². The van der Waals surface area contributed by atoms with Gasteiger partial charge in [0.2, 0.25) is 5.71 Å². The van der Waals surface area contributed by atoms with Crippen LogP contribution in [0.15, 0.2) is 35.0 Å². The first kappa shape index (κ1) is 16.0. The highest BCUT2D eigenvalue weighted by Gasteiger charge is 2.23. The minimum Gasteiger partial charge on any atom is -0.462 e. The largest absolute Gasteiger partial charge is 0.462 e. The fraction of sp³-hybridized carbons (Fsp3) is 0.278. The Morgan fingerprint density at radius 3 is 2.79 bits per heavy atom. The maximum absolute atomic E-state index is 12.3. The molecule has 0 bridgehead atoms. The smallest absolute Gasteiger partial charge is 0.342 e. The number of rotatable bonds is 5. The van der Waals surface area contributed by atoms with Gasteiger partial charge in [-0.05, 0) is 31.9 Å². The Morgan fingerprint density at radius 1 is 1.25 bits per heavy atom. The van der Waals surface area contributed by atoms with Crippen molar-refractivity contribution in [1.82, 2.24) is 9.97 Å². The van der Waals surface area contributed by atoms with Crippen LogP contribution in [0.25, 0.3) is 11.1 Å². The highest BCUT2D eigenvalue weighted by atomic mass is 16.5. The van der Waals surface area contributed by atoms with Crippen molar-refractivity contribution in [3.8, 4) is 0 Å². The van der Waals surface area contributed by atoms with Gasteiger partial charge in [-0.2, -0.15) is 0 Å². The van der Waals surface area contributed by atoms with Crippen molar-refractivity contribution < 1.29 is 13.9 Å². The van der Waals surface area contributed by atoms with Crippen LogP contribution in [0.2, 0.25) is 0 Å². The van der Waals surface area contributed by atoms with Gasteiger partial charge in [-0.3, -0.25) is 0 Å². The number of esters is 1. The van der Waals surface area contributed by atoms with Gasteiger partial charge in [0.15, 0.2) is 0 Å². The maximum atomic E-state index is 12.3. The van der Waals surface area contributed by atoms with Gasteiger partial charge in [-0.1, -0.05) is 25.1 Å². The summed E-state index contributed by atoms with van der Waals surface area (Å²) in [4.78, 5) is 20.7. The number of hydrogen-bond acceptors (Lipinski definition) is 6. The molecule has 3 rings (SSSR count). The topological polar surface area (TPSA) is 77.2 Å². The second kappa shape index (κ2) is 6.70. The molecule has 24 heavy (non-hydrogen) atoms. The molecule has 0 fully saturated rings. The molecule has 0 spiro atoms. The summed E-state index contributed by atoms with van der Waals surface area (Å²) in [7, 11) is 0. The highest BCUT2D eigenvalue weighted by Crippen LogP contribution is 2.32. The Hall–Kier alpha value is -2.89. The summed E-state index contributed by atoms with van der Waals surface area (Å²) in [5, 5.41) is 3.84. The number of para-hydroxylation sites is 1. The Balaban J connectivity index is 2.13. The summed E-state index contributed by atoms with van der Waals surface area (Å²) < 4.78 is 10.8. The third-order valence-electron chi connectivity index (χ3n) is 3.80. The van der Waals surface area contributed by atoms with Gasteiger partial charge in [0, 0.05) is 5.69 Å². The predicted octanol–water partition coefficient (Wildman–Crippen LogP) is 4.01. The SMILES string of the molecule is CCOC(=O)c1c(C)oc2ncnc(Nc3ccccc3CC)c12. The van der Waals surface area contributed by atoms with Gasteiger partial charge in [-0.25, -0.2) is 14.8 Å². The molecule has 0 amide bonds. The van der Waals surface area contributed by atoms with E-state index < -0.39 is 5.97 Å². The van der Waals surface area contributed by atoms with Crippen LogP contribution in [-0.4, -0.2) is 22.5 Å². The molecule has 0 aliphatic carbocycles. The molecule has 0 aliphatic heterocycles. The van der Waals surface area contributed by atoms with Crippen molar-refractivity contribution in [2.24, 2.45) is 0 Å². The van der Waals surface area contributed by atoms with Crippen LogP contribution in [-0.2, 0) is 11.2 Å². The lowest BCUT2D eigenvalue weighted by Gasteiger charge is -2.11. The van der Waals surface area contributed by atoms with Crippen LogP contribution in [0.5, 0.6) is 0 Å².